The number of rotatable bonds is 3. The van der Waals surface area contributed by atoms with Gasteiger partial charge in [-0.25, -0.2) is 4.98 Å². The Kier molecular flexibility index (Phi) is 4.10. The van der Waals surface area contributed by atoms with Crippen LogP contribution in [0.5, 0.6) is 0 Å². The molecule has 4 heteroatoms. The fourth-order valence-electron chi connectivity index (χ4n) is 1.37. The molecule has 0 unspecified atom stereocenters. The van der Waals surface area contributed by atoms with Crippen LogP contribution in [-0.4, -0.2) is 17.4 Å². The lowest BCUT2D eigenvalue weighted by atomic mass is 9.97. The maximum atomic E-state index is 11.9. The molecule has 0 bridgehead atoms. The molecular weight excluding hydrogens is 214 g/mol. The summed E-state index contributed by atoms with van der Waals surface area (Å²) >= 11 is 0. The quantitative estimate of drug-likeness (QED) is 0.842. The van der Waals surface area contributed by atoms with Gasteiger partial charge in [0.25, 0.3) is 5.91 Å². The first-order valence-electron chi connectivity index (χ1n) is 5.86. The van der Waals surface area contributed by atoms with Crippen molar-refractivity contribution in [1.82, 2.24) is 10.3 Å². The molecule has 1 heterocycles. The van der Waals surface area contributed by atoms with Crippen molar-refractivity contribution in [3.05, 3.63) is 23.4 Å². The van der Waals surface area contributed by atoms with E-state index in [1.54, 1.807) is 12.1 Å². The van der Waals surface area contributed by atoms with E-state index in [-0.39, 0.29) is 11.3 Å². The second-order valence-corrected chi connectivity index (χ2v) is 5.37. The molecule has 0 aliphatic carbocycles. The zero-order chi connectivity index (χ0) is 13.1. The third-order valence-electron chi connectivity index (χ3n) is 2.30. The molecule has 0 aliphatic rings. The molecule has 1 aromatic rings. The fraction of sp³-hybridized carbons (Fsp3) is 0.538. The van der Waals surface area contributed by atoms with Crippen LogP contribution in [-0.2, 0) is 6.42 Å². The first-order chi connectivity index (χ1) is 7.81. The number of anilines is 1. The van der Waals surface area contributed by atoms with Crippen LogP contribution in [0.2, 0.25) is 0 Å². The lowest BCUT2D eigenvalue weighted by Gasteiger charge is -2.18. The Morgan fingerprint density at radius 3 is 2.59 bits per heavy atom. The standard InChI is InChI=1S/C13H21N3O/c1-5-10-6-9(7-11(14)16-10)12(17)15-8-13(2,3)4/h6-7H,5,8H2,1-4H3,(H2,14,16)(H,15,17). The van der Waals surface area contributed by atoms with E-state index >= 15 is 0 Å². The van der Waals surface area contributed by atoms with Gasteiger partial charge in [-0.15, -0.1) is 0 Å². The van der Waals surface area contributed by atoms with Crippen molar-refractivity contribution < 1.29 is 4.79 Å². The van der Waals surface area contributed by atoms with Crippen molar-refractivity contribution >= 4 is 11.7 Å². The Bertz CT molecular complexity index is 408. The minimum Gasteiger partial charge on any atom is -0.384 e. The van der Waals surface area contributed by atoms with Crippen LogP contribution in [0.15, 0.2) is 12.1 Å². The molecule has 0 saturated carbocycles. The summed E-state index contributed by atoms with van der Waals surface area (Å²) in [7, 11) is 0. The summed E-state index contributed by atoms with van der Waals surface area (Å²) in [6, 6.07) is 3.39. The van der Waals surface area contributed by atoms with Gasteiger partial charge in [-0.2, -0.15) is 0 Å². The van der Waals surface area contributed by atoms with Crippen LogP contribution < -0.4 is 11.1 Å². The molecule has 0 fully saturated rings. The second-order valence-electron chi connectivity index (χ2n) is 5.37. The number of carbonyl (C=O) groups excluding carboxylic acids is 1. The Hall–Kier alpha value is -1.58. The molecular formula is C13H21N3O. The van der Waals surface area contributed by atoms with Crippen LogP contribution in [0.4, 0.5) is 5.82 Å². The predicted molar refractivity (Wildman–Crippen MR) is 69.8 cm³/mol. The van der Waals surface area contributed by atoms with E-state index in [0.29, 0.717) is 17.9 Å². The number of nitrogens with zero attached hydrogens (tertiary/aromatic N) is 1. The lowest BCUT2D eigenvalue weighted by molar-refractivity contribution is 0.0939. The number of aryl methyl sites for hydroxylation is 1. The van der Waals surface area contributed by atoms with Crippen molar-refractivity contribution in [3.8, 4) is 0 Å². The van der Waals surface area contributed by atoms with E-state index in [1.165, 1.54) is 0 Å². The summed E-state index contributed by atoms with van der Waals surface area (Å²) in [4.78, 5) is 16.1. The van der Waals surface area contributed by atoms with Gasteiger partial charge in [0.05, 0.1) is 0 Å². The van der Waals surface area contributed by atoms with E-state index in [4.69, 9.17) is 5.73 Å². The van der Waals surface area contributed by atoms with Crippen LogP contribution >= 0.6 is 0 Å². The number of pyridine rings is 1. The average Bonchev–Trinajstić information content (AvgIpc) is 2.23. The van der Waals surface area contributed by atoms with Crippen LogP contribution in [0.3, 0.4) is 0 Å². The highest BCUT2D eigenvalue weighted by atomic mass is 16.1. The van der Waals surface area contributed by atoms with E-state index in [2.05, 4.69) is 31.1 Å². The number of hydrogen-bond acceptors (Lipinski definition) is 3. The minimum atomic E-state index is -0.0938. The van der Waals surface area contributed by atoms with Crippen molar-refractivity contribution in [2.24, 2.45) is 5.41 Å². The lowest BCUT2D eigenvalue weighted by Crippen LogP contribution is -2.32. The summed E-state index contributed by atoms with van der Waals surface area (Å²) in [5.74, 6) is 0.300. The molecule has 1 amide bonds. The summed E-state index contributed by atoms with van der Waals surface area (Å²) in [6.45, 7) is 8.84. The molecule has 0 aliphatic heterocycles. The molecule has 4 nitrogen and oxygen atoms in total. The van der Waals surface area contributed by atoms with Crippen LogP contribution in [0.1, 0.15) is 43.7 Å². The third kappa shape index (κ3) is 4.43. The van der Waals surface area contributed by atoms with Gasteiger partial charge in [0.15, 0.2) is 0 Å². The average molecular weight is 235 g/mol. The van der Waals surface area contributed by atoms with Crippen LogP contribution in [0, 0.1) is 5.41 Å². The van der Waals surface area contributed by atoms with E-state index in [9.17, 15) is 4.79 Å². The number of nitrogens with two attached hydrogens (primary N) is 1. The monoisotopic (exact) mass is 235 g/mol. The fourth-order valence-corrected chi connectivity index (χ4v) is 1.37. The third-order valence-corrected chi connectivity index (χ3v) is 2.30. The number of carbonyl (C=O) groups is 1. The molecule has 94 valence electrons. The molecule has 0 saturated heterocycles. The summed E-state index contributed by atoms with van der Waals surface area (Å²) in [5.41, 5.74) is 7.16. The van der Waals surface area contributed by atoms with Gasteiger partial charge >= 0.3 is 0 Å². The van der Waals surface area contributed by atoms with E-state index < -0.39 is 0 Å². The van der Waals surface area contributed by atoms with E-state index in [0.717, 1.165) is 12.1 Å². The van der Waals surface area contributed by atoms with Crippen molar-refractivity contribution in [3.63, 3.8) is 0 Å². The largest absolute Gasteiger partial charge is 0.384 e. The zero-order valence-electron chi connectivity index (χ0n) is 11.0. The normalized spacial score (nSPS) is 11.3. The van der Waals surface area contributed by atoms with Gasteiger partial charge in [-0.1, -0.05) is 27.7 Å². The highest BCUT2D eigenvalue weighted by Gasteiger charge is 2.13. The predicted octanol–water partition coefficient (Wildman–Crippen LogP) is 2.00. The summed E-state index contributed by atoms with van der Waals surface area (Å²) in [6.07, 6.45) is 0.768. The number of aromatic nitrogens is 1. The Morgan fingerprint density at radius 1 is 1.41 bits per heavy atom. The summed E-state index contributed by atoms with van der Waals surface area (Å²) in [5, 5.41) is 2.90. The number of amides is 1. The Labute approximate surface area is 103 Å². The molecule has 0 radical (unpaired) electrons. The van der Waals surface area contributed by atoms with Gasteiger partial charge in [-0.05, 0) is 24.0 Å². The van der Waals surface area contributed by atoms with Gasteiger partial charge in [0, 0.05) is 17.8 Å². The molecule has 17 heavy (non-hydrogen) atoms. The van der Waals surface area contributed by atoms with E-state index in [1.807, 2.05) is 6.92 Å². The first kappa shape index (κ1) is 13.5. The molecule has 1 rings (SSSR count). The molecule has 0 atom stereocenters. The molecule has 0 aromatic carbocycles. The maximum Gasteiger partial charge on any atom is 0.251 e. The highest BCUT2D eigenvalue weighted by molar-refractivity contribution is 5.94. The van der Waals surface area contributed by atoms with Gasteiger partial charge < -0.3 is 11.1 Å². The SMILES string of the molecule is CCc1cc(C(=O)NCC(C)(C)C)cc(N)n1. The zero-order valence-corrected chi connectivity index (χ0v) is 11.0. The number of nitrogen functional groups attached to an aromatic ring is 1. The Morgan fingerprint density at radius 2 is 2.06 bits per heavy atom. The van der Waals surface area contributed by atoms with Crippen molar-refractivity contribution in [2.45, 2.75) is 34.1 Å². The van der Waals surface area contributed by atoms with Gasteiger partial charge in [0.2, 0.25) is 0 Å². The Balaban J connectivity index is 2.78. The molecule has 1 aromatic heterocycles. The minimum absolute atomic E-state index is 0.0713. The second kappa shape index (κ2) is 5.17. The molecule has 3 N–H and O–H groups in total. The van der Waals surface area contributed by atoms with Crippen molar-refractivity contribution in [2.75, 3.05) is 12.3 Å². The first-order valence-corrected chi connectivity index (χ1v) is 5.86. The van der Waals surface area contributed by atoms with Gasteiger partial charge in [-0.3, -0.25) is 4.79 Å². The topological polar surface area (TPSA) is 68.0 Å². The number of hydrogen-bond donors (Lipinski definition) is 2. The molecule has 0 spiro atoms. The maximum absolute atomic E-state index is 11.9. The van der Waals surface area contributed by atoms with Gasteiger partial charge in [0.1, 0.15) is 5.82 Å². The smallest absolute Gasteiger partial charge is 0.251 e. The number of nitrogens with one attached hydrogen (secondary N) is 1. The summed E-state index contributed by atoms with van der Waals surface area (Å²) < 4.78 is 0. The highest BCUT2D eigenvalue weighted by Crippen LogP contribution is 2.12. The van der Waals surface area contributed by atoms with Crippen molar-refractivity contribution in [1.29, 1.82) is 0 Å². The van der Waals surface area contributed by atoms with Crippen LogP contribution in [0.25, 0.3) is 0 Å².